The highest BCUT2D eigenvalue weighted by atomic mass is 35.5. The molecular formula is C15H19ClN2O3. The van der Waals surface area contributed by atoms with Crippen molar-refractivity contribution >= 4 is 29.3 Å². The first-order chi connectivity index (χ1) is 10.0. The van der Waals surface area contributed by atoms with Gasteiger partial charge >= 0.3 is 6.09 Å². The van der Waals surface area contributed by atoms with E-state index in [1.165, 1.54) is 7.11 Å². The molecular weight excluding hydrogens is 292 g/mol. The highest BCUT2D eigenvalue weighted by Crippen LogP contribution is 2.23. The molecule has 0 aliphatic carbocycles. The van der Waals surface area contributed by atoms with Gasteiger partial charge in [-0.2, -0.15) is 0 Å². The van der Waals surface area contributed by atoms with Gasteiger partial charge in [-0.05, 0) is 37.5 Å². The van der Waals surface area contributed by atoms with E-state index in [2.05, 4.69) is 10.1 Å². The molecule has 0 radical (unpaired) electrons. The van der Waals surface area contributed by atoms with Crippen molar-refractivity contribution in [1.29, 1.82) is 0 Å². The summed E-state index contributed by atoms with van der Waals surface area (Å²) >= 11 is 5.95. The average molecular weight is 311 g/mol. The normalized spacial score (nSPS) is 15.7. The molecule has 1 N–H and O–H groups in total. The minimum Gasteiger partial charge on any atom is -0.453 e. The zero-order valence-corrected chi connectivity index (χ0v) is 12.9. The minimum atomic E-state index is -0.334. The number of halogens is 1. The minimum absolute atomic E-state index is 0.0233. The topological polar surface area (TPSA) is 58.6 Å². The van der Waals surface area contributed by atoms with Crippen LogP contribution in [0.4, 0.5) is 10.5 Å². The Morgan fingerprint density at radius 3 is 2.62 bits per heavy atom. The van der Waals surface area contributed by atoms with Crippen LogP contribution in [0.3, 0.4) is 0 Å². The highest BCUT2D eigenvalue weighted by molar-refractivity contribution is 6.31. The molecule has 21 heavy (non-hydrogen) atoms. The lowest BCUT2D eigenvalue weighted by atomic mass is 9.96. The van der Waals surface area contributed by atoms with Gasteiger partial charge in [0.05, 0.1) is 7.11 Å². The van der Waals surface area contributed by atoms with Crippen LogP contribution in [-0.4, -0.2) is 37.1 Å². The van der Waals surface area contributed by atoms with E-state index in [1.54, 1.807) is 17.0 Å². The van der Waals surface area contributed by atoms with Crippen LogP contribution in [0.25, 0.3) is 0 Å². The van der Waals surface area contributed by atoms with Crippen molar-refractivity contribution < 1.29 is 14.3 Å². The number of piperidine rings is 1. The van der Waals surface area contributed by atoms with Crippen LogP contribution in [0.2, 0.25) is 5.02 Å². The lowest BCUT2D eigenvalue weighted by Gasteiger charge is -2.30. The summed E-state index contributed by atoms with van der Waals surface area (Å²) in [5.41, 5.74) is 1.71. The third-order valence-corrected chi connectivity index (χ3v) is 3.99. The van der Waals surface area contributed by atoms with E-state index in [0.717, 1.165) is 11.3 Å². The first-order valence-corrected chi connectivity index (χ1v) is 7.29. The summed E-state index contributed by atoms with van der Waals surface area (Å²) in [5, 5.41) is 3.51. The maximum atomic E-state index is 12.3. The van der Waals surface area contributed by atoms with Crippen LogP contribution in [0.1, 0.15) is 18.4 Å². The predicted molar refractivity (Wildman–Crippen MR) is 81.5 cm³/mol. The number of nitrogens with one attached hydrogen (secondary N) is 1. The fourth-order valence-electron chi connectivity index (χ4n) is 2.42. The van der Waals surface area contributed by atoms with Crippen molar-refractivity contribution in [3.05, 3.63) is 28.8 Å². The SMILES string of the molecule is COC(=O)N1CCC(C(=O)Nc2cc(Cl)ccc2C)CC1. The molecule has 1 heterocycles. The van der Waals surface area contributed by atoms with Gasteiger partial charge in [0, 0.05) is 29.7 Å². The van der Waals surface area contributed by atoms with Gasteiger partial charge in [0.25, 0.3) is 0 Å². The lowest BCUT2D eigenvalue weighted by molar-refractivity contribution is -0.121. The number of carbonyl (C=O) groups is 2. The van der Waals surface area contributed by atoms with Crippen molar-refractivity contribution in [2.45, 2.75) is 19.8 Å². The summed E-state index contributed by atoms with van der Waals surface area (Å²) in [6, 6.07) is 5.41. The number of anilines is 1. The Morgan fingerprint density at radius 1 is 1.33 bits per heavy atom. The Labute approximate surface area is 129 Å². The number of hydrogen-bond donors (Lipinski definition) is 1. The second-order valence-corrected chi connectivity index (χ2v) is 5.62. The van der Waals surface area contributed by atoms with E-state index in [1.807, 2.05) is 13.0 Å². The van der Waals surface area contributed by atoms with Crippen LogP contribution < -0.4 is 5.32 Å². The summed E-state index contributed by atoms with van der Waals surface area (Å²) in [4.78, 5) is 25.3. The fraction of sp³-hybridized carbons (Fsp3) is 0.467. The maximum Gasteiger partial charge on any atom is 0.409 e. The van der Waals surface area contributed by atoms with Crippen LogP contribution in [0, 0.1) is 12.8 Å². The molecule has 0 spiro atoms. The van der Waals surface area contributed by atoms with Gasteiger partial charge in [-0.25, -0.2) is 4.79 Å². The molecule has 1 aromatic rings. The van der Waals surface area contributed by atoms with E-state index >= 15 is 0 Å². The zero-order valence-electron chi connectivity index (χ0n) is 12.2. The largest absolute Gasteiger partial charge is 0.453 e. The predicted octanol–water partition coefficient (Wildman–Crippen LogP) is 3.07. The Kier molecular flexibility index (Phi) is 5.07. The molecule has 0 atom stereocenters. The molecule has 114 valence electrons. The van der Waals surface area contributed by atoms with Gasteiger partial charge in [-0.1, -0.05) is 17.7 Å². The number of ether oxygens (including phenoxy) is 1. The van der Waals surface area contributed by atoms with E-state index in [9.17, 15) is 9.59 Å². The number of rotatable bonds is 2. The van der Waals surface area contributed by atoms with Gasteiger partial charge in [-0.15, -0.1) is 0 Å². The first kappa shape index (κ1) is 15.6. The molecule has 1 aromatic carbocycles. The first-order valence-electron chi connectivity index (χ1n) is 6.91. The molecule has 0 bridgehead atoms. The average Bonchev–Trinajstić information content (AvgIpc) is 2.50. The number of methoxy groups -OCH3 is 1. The van der Waals surface area contributed by atoms with E-state index in [0.29, 0.717) is 31.0 Å². The number of amides is 2. The Hall–Kier alpha value is -1.75. The van der Waals surface area contributed by atoms with Crippen LogP contribution in [-0.2, 0) is 9.53 Å². The molecule has 2 amide bonds. The summed E-state index contributed by atoms with van der Waals surface area (Å²) in [7, 11) is 1.36. The number of hydrogen-bond acceptors (Lipinski definition) is 3. The van der Waals surface area contributed by atoms with Crippen molar-refractivity contribution in [1.82, 2.24) is 4.90 Å². The van der Waals surface area contributed by atoms with Crippen molar-refractivity contribution in [2.24, 2.45) is 5.92 Å². The van der Waals surface area contributed by atoms with Crippen molar-refractivity contribution in [3.63, 3.8) is 0 Å². The number of nitrogens with zero attached hydrogens (tertiary/aromatic N) is 1. The number of likely N-dealkylation sites (tertiary alicyclic amines) is 1. The molecule has 6 heteroatoms. The van der Waals surface area contributed by atoms with Gasteiger partial charge in [0.2, 0.25) is 5.91 Å². The number of carbonyl (C=O) groups excluding carboxylic acids is 2. The summed E-state index contributed by atoms with van der Waals surface area (Å²) in [6.45, 7) is 3.00. The molecule has 0 unspecified atom stereocenters. The molecule has 1 aliphatic heterocycles. The van der Waals surface area contributed by atoms with Crippen molar-refractivity contribution in [3.8, 4) is 0 Å². The Morgan fingerprint density at radius 2 is 2.00 bits per heavy atom. The lowest BCUT2D eigenvalue weighted by Crippen LogP contribution is -2.41. The maximum absolute atomic E-state index is 12.3. The Balaban J connectivity index is 1.93. The van der Waals surface area contributed by atoms with Crippen LogP contribution >= 0.6 is 11.6 Å². The van der Waals surface area contributed by atoms with Crippen LogP contribution in [0.15, 0.2) is 18.2 Å². The summed E-state index contributed by atoms with van der Waals surface area (Å²) < 4.78 is 4.68. The monoisotopic (exact) mass is 310 g/mol. The Bertz CT molecular complexity index is 540. The molecule has 0 saturated carbocycles. The van der Waals surface area contributed by atoms with Crippen molar-refractivity contribution in [2.75, 3.05) is 25.5 Å². The third-order valence-electron chi connectivity index (χ3n) is 3.76. The van der Waals surface area contributed by atoms with Gasteiger partial charge in [-0.3, -0.25) is 4.79 Å². The van der Waals surface area contributed by atoms with E-state index in [-0.39, 0.29) is 17.9 Å². The van der Waals surface area contributed by atoms with E-state index < -0.39 is 0 Å². The molecule has 1 fully saturated rings. The van der Waals surface area contributed by atoms with Crippen LogP contribution in [0.5, 0.6) is 0 Å². The van der Waals surface area contributed by atoms with Gasteiger partial charge in [0.1, 0.15) is 0 Å². The molecule has 1 saturated heterocycles. The standard InChI is InChI=1S/C15H19ClN2O3/c1-10-3-4-12(16)9-13(10)17-14(19)11-5-7-18(8-6-11)15(20)21-2/h3-4,9,11H,5-8H2,1-2H3,(H,17,19). The third kappa shape index (κ3) is 3.88. The molecule has 1 aliphatic rings. The second kappa shape index (κ2) is 6.80. The quantitative estimate of drug-likeness (QED) is 0.913. The molecule has 2 rings (SSSR count). The molecule has 0 aromatic heterocycles. The fourth-order valence-corrected chi connectivity index (χ4v) is 2.59. The summed E-state index contributed by atoms with van der Waals surface area (Å²) in [5.74, 6) is -0.117. The van der Waals surface area contributed by atoms with Gasteiger partial charge < -0.3 is 15.0 Å². The number of aryl methyl sites for hydroxylation is 1. The van der Waals surface area contributed by atoms with Gasteiger partial charge in [0.15, 0.2) is 0 Å². The smallest absolute Gasteiger partial charge is 0.409 e. The second-order valence-electron chi connectivity index (χ2n) is 5.18. The molecule has 5 nitrogen and oxygen atoms in total. The highest BCUT2D eigenvalue weighted by Gasteiger charge is 2.27. The zero-order chi connectivity index (χ0) is 15.4. The van der Waals surface area contributed by atoms with E-state index in [4.69, 9.17) is 11.6 Å². The number of benzene rings is 1. The summed E-state index contributed by atoms with van der Waals surface area (Å²) in [6.07, 6.45) is 0.945.